The van der Waals surface area contributed by atoms with E-state index in [2.05, 4.69) is 4.99 Å². The van der Waals surface area contributed by atoms with Crippen molar-refractivity contribution in [1.82, 2.24) is 0 Å². The van der Waals surface area contributed by atoms with Crippen LogP contribution in [0.5, 0.6) is 0 Å². The van der Waals surface area contributed by atoms with E-state index in [1.807, 2.05) is 36.4 Å². The van der Waals surface area contributed by atoms with Crippen LogP contribution in [0.1, 0.15) is 23.0 Å². The van der Waals surface area contributed by atoms with E-state index in [0.29, 0.717) is 38.7 Å². The minimum Gasteiger partial charge on any atom is -0.462 e. The minimum atomic E-state index is -0.381. The van der Waals surface area contributed by atoms with Crippen molar-refractivity contribution in [3.05, 3.63) is 76.0 Å². The molecule has 0 bridgehead atoms. The van der Waals surface area contributed by atoms with Gasteiger partial charge in [-0.25, -0.2) is 9.79 Å². The molecule has 0 saturated carbocycles. The summed E-state index contributed by atoms with van der Waals surface area (Å²) in [7, 11) is 0. The lowest BCUT2D eigenvalue weighted by atomic mass is 10.1. The highest BCUT2D eigenvalue weighted by molar-refractivity contribution is 7.23. The Kier molecular flexibility index (Phi) is 5.72. The predicted octanol–water partition coefficient (Wildman–Crippen LogP) is 7.40. The number of hydrogen-bond acceptors (Lipinski definition) is 5. The second-order valence-corrected chi connectivity index (χ2v) is 7.93. The molecule has 2 heterocycles. The van der Waals surface area contributed by atoms with Crippen molar-refractivity contribution in [3.63, 3.8) is 0 Å². The Hall–Kier alpha value is -2.60. The largest absolute Gasteiger partial charge is 0.462 e. The number of aliphatic imine (C=N–C) groups is 1. The van der Waals surface area contributed by atoms with Gasteiger partial charge in [-0.05, 0) is 43.3 Å². The van der Waals surface area contributed by atoms with Gasteiger partial charge in [0.25, 0.3) is 0 Å². The van der Waals surface area contributed by atoms with Gasteiger partial charge in [-0.2, -0.15) is 0 Å². The third kappa shape index (κ3) is 4.08. The zero-order valence-corrected chi connectivity index (χ0v) is 17.6. The summed E-state index contributed by atoms with van der Waals surface area (Å²) in [6.45, 7) is 2.08. The number of carbonyl (C=O) groups is 1. The Morgan fingerprint density at radius 2 is 1.97 bits per heavy atom. The van der Waals surface area contributed by atoms with Gasteiger partial charge in [0.05, 0.1) is 22.9 Å². The van der Waals surface area contributed by atoms with Crippen molar-refractivity contribution in [3.8, 4) is 11.3 Å². The zero-order chi connectivity index (χ0) is 20.4. The molecule has 29 heavy (non-hydrogen) atoms. The van der Waals surface area contributed by atoms with E-state index >= 15 is 0 Å². The molecule has 0 radical (unpaired) electrons. The van der Waals surface area contributed by atoms with E-state index in [9.17, 15) is 4.79 Å². The number of hydrogen-bond donors (Lipinski definition) is 0. The molecule has 0 unspecified atom stereocenters. The molecule has 4 nitrogen and oxygen atoms in total. The van der Waals surface area contributed by atoms with Gasteiger partial charge in [0.2, 0.25) is 0 Å². The highest BCUT2D eigenvalue weighted by Gasteiger charge is 2.19. The van der Waals surface area contributed by atoms with Crippen LogP contribution >= 0.6 is 34.5 Å². The summed E-state index contributed by atoms with van der Waals surface area (Å²) >= 11 is 13.5. The molecule has 0 atom stereocenters. The Balaban J connectivity index is 1.67. The fraction of sp³-hybridized carbons (Fsp3) is 0.0909. The fourth-order valence-electron chi connectivity index (χ4n) is 2.87. The Labute approximate surface area is 181 Å². The molecule has 0 aliphatic carbocycles. The SMILES string of the molecule is CCOC(=O)c1c(N=Cc2ccc(-c3ccc(Cl)c(Cl)c3)o2)sc2ccccc12. The van der Waals surface area contributed by atoms with Crippen LogP contribution in [0, 0.1) is 0 Å². The molecule has 0 N–H and O–H groups in total. The smallest absolute Gasteiger partial charge is 0.341 e. The molecule has 2 aromatic carbocycles. The second-order valence-electron chi connectivity index (χ2n) is 6.09. The topological polar surface area (TPSA) is 51.8 Å². The minimum absolute atomic E-state index is 0.303. The average Bonchev–Trinajstić information content (AvgIpc) is 3.33. The molecule has 4 rings (SSSR count). The van der Waals surface area contributed by atoms with Gasteiger partial charge in [-0.1, -0.05) is 41.4 Å². The molecule has 0 spiro atoms. The molecule has 0 aliphatic heterocycles. The number of rotatable bonds is 5. The zero-order valence-electron chi connectivity index (χ0n) is 15.3. The van der Waals surface area contributed by atoms with Gasteiger partial charge < -0.3 is 9.15 Å². The van der Waals surface area contributed by atoms with Gasteiger partial charge in [0.15, 0.2) is 0 Å². The standard InChI is InChI=1S/C22H15Cl2NO3S/c1-2-27-22(26)20-15-5-3-4-6-19(15)29-21(20)25-12-14-8-10-18(28-14)13-7-9-16(23)17(24)11-13/h3-12H,2H2,1H3. The van der Waals surface area contributed by atoms with Crippen LogP contribution in [0.2, 0.25) is 10.0 Å². The predicted molar refractivity (Wildman–Crippen MR) is 119 cm³/mol. The molecule has 0 aliphatic rings. The highest BCUT2D eigenvalue weighted by atomic mass is 35.5. The first-order chi connectivity index (χ1) is 14.1. The number of halogens is 2. The number of nitrogens with zero attached hydrogens (tertiary/aromatic N) is 1. The van der Waals surface area contributed by atoms with Crippen molar-refractivity contribution in [1.29, 1.82) is 0 Å². The summed E-state index contributed by atoms with van der Waals surface area (Å²) in [4.78, 5) is 17.0. The molecule has 0 saturated heterocycles. The summed E-state index contributed by atoms with van der Waals surface area (Å²) in [6, 6.07) is 16.6. The van der Waals surface area contributed by atoms with Crippen LogP contribution in [0.25, 0.3) is 21.4 Å². The molecule has 2 aromatic heterocycles. The van der Waals surface area contributed by atoms with Crippen molar-refractivity contribution in [2.45, 2.75) is 6.92 Å². The van der Waals surface area contributed by atoms with Crippen molar-refractivity contribution in [2.24, 2.45) is 4.99 Å². The van der Waals surface area contributed by atoms with Crippen LogP contribution in [0.15, 0.2) is 64.0 Å². The summed E-state index contributed by atoms with van der Waals surface area (Å²) in [5.41, 5.74) is 1.29. The van der Waals surface area contributed by atoms with E-state index in [1.165, 1.54) is 11.3 Å². The van der Waals surface area contributed by atoms with Gasteiger partial charge in [0.1, 0.15) is 22.1 Å². The van der Waals surface area contributed by atoms with E-state index < -0.39 is 0 Å². The summed E-state index contributed by atoms with van der Waals surface area (Å²) < 4.78 is 12.0. The Morgan fingerprint density at radius 3 is 2.76 bits per heavy atom. The summed E-state index contributed by atoms with van der Waals surface area (Å²) in [5, 5.41) is 2.36. The van der Waals surface area contributed by atoms with E-state index in [1.54, 1.807) is 31.3 Å². The molecule has 0 amide bonds. The van der Waals surface area contributed by atoms with E-state index in [4.69, 9.17) is 32.4 Å². The van der Waals surface area contributed by atoms with Crippen LogP contribution in [-0.4, -0.2) is 18.8 Å². The van der Waals surface area contributed by atoms with Gasteiger partial charge in [-0.3, -0.25) is 0 Å². The summed E-state index contributed by atoms with van der Waals surface area (Å²) in [6.07, 6.45) is 1.59. The average molecular weight is 444 g/mol. The third-order valence-corrected chi connectivity index (χ3v) is 6.01. The van der Waals surface area contributed by atoms with E-state index in [-0.39, 0.29) is 5.97 Å². The Morgan fingerprint density at radius 1 is 1.14 bits per heavy atom. The lowest BCUT2D eigenvalue weighted by Crippen LogP contribution is -2.03. The third-order valence-electron chi connectivity index (χ3n) is 4.20. The lowest BCUT2D eigenvalue weighted by Gasteiger charge is -2.01. The number of esters is 1. The molecule has 0 fully saturated rings. The van der Waals surface area contributed by atoms with Gasteiger partial charge in [0, 0.05) is 15.6 Å². The molecule has 4 aromatic rings. The molecular weight excluding hydrogens is 429 g/mol. The maximum Gasteiger partial charge on any atom is 0.341 e. The lowest BCUT2D eigenvalue weighted by molar-refractivity contribution is 0.0530. The van der Waals surface area contributed by atoms with Crippen LogP contribution in [0.4, 0.5) is 5.00 Å². The van der Waals surface area contributed by atoms with Crippen molar-refractivity contribution < 1.29 is 13.9 Å². The number of thiophene rings is 1. The molecule has 146 valence electrons. The maximum atomic E-state index is 12.5. The Bertz CT molecular complexity index is 1230. The number of furan rings is 1. The highest BCUT2D eigenvalue weighted by Crippen LogP contribution is 2.38. The number of fused-ring (bicyclic) bond motifs is 1. The van der Waals surface area contributed by atoms with Crippen LogP contribution in [0.3, 0.4) is 0 Å². The molecular formula is C22H15Cl2NO3S. The first-order valence-corrected chi connectivity index (χ1v) is 10.4. The van der Waals surface area contributed by atoms with Crippen LogP contribution in [-0.2, 0) is 4.74 Å². The monoisotopic (exact) mass is 443 g/mol. The van der Waals surface area contributed by atoms with Gasteiger partial charge >= 0.3 is 5.97 Å². The number of ether oxygens (including phenoxy) is 1. The quantitative estimate of drug-likeness (QED) is 0.238. The van der Waals surface area contributed by atoms with Crippen molar-refractivity contribution >= 4 is 61.8 Å². The van der Waals surface area contributed by atoms with Gasteiger partial charge in [-0.15, -0.1) is 11.3 Å². The first kappa shape index (κ1) is 19.7. The fourth-order valence-corrected chi connectivity index (χ4v) is 4.21. The number of carbonyl (C=O) groups excluding carboxylic acids is 1. The second kappa shape index (κ2) is 8.41. The first-order valence-electron chi connectivity index (χ1n) is 8.85. The maximum absolute atomic E-state index is 12.5. The normalized spacial score (nSPS) is 11.4. The summed E-state index contributed by atoms with van der Waals surface area (Å²) in [5.74, 6) is 0.818. The molecule has 7 heteroatoms. The number of benzene rings is 2. The van der Waals surface area contributed by atoms with Crippen LogP contribution < -0.4 is 0 Å². The van der Waals surface area contributed by atoms with Crippen molar-refractivity contribution in [2.75, 3.05) is 6.61 Å². The van der Waals surface area contributed by atoms with E-state index in [0.717, 1.165) is 15.6 Å².